The molecule has 0 saturated heterocycles. The number of halogens is 1. The Balaban J connectivity index is 1.43. The zero-order valence-electron chi connectivity index (χ0n) is 17.7. The Bertz CT molecular complexity index is 710. The summed E-state index contributed by atoms with van der Waals surface area (Å²) in [6.07, 6.45) is 14.9. The molecule has 1 aromatic rings. The summed E-state index contributed by atoms with van der Waals surface area (Å²) in [5, 5.41) is 9.12. The number of unbranched alkanes of at least 4 members (excludes halogenated alkanes) is 2. The van der Waals surface area contributed by atoms with Crippen molar-refractivity contribution < 1.29 is 13.9 Å². The summed E-state index contributed by atoms with van der Waals surface area (Å²) in [5.74, 6) is 1.81. The number of hydrogen-bond acceptors (Lipinski definition) is 3. The SMILES string of the molecule is CCCCCC1CCC(C2CCC(C(=O)Oc3ccc(F)cc3C#N)CC2)CC1. The zero-order valence-corrected chi connectivity index (χ0v) is 17.7. The Kier molecular flexibility index (Phi) is 8.09. The smallest absolute Gasteiger partial charge is 0.314 e. The van der Waals surface area contributed by atoms with Crippen LogP contribution >= 0.6 is 0 Å². The molecule has 2 aliphatic rings. The minimum Gasteiger partial charge on any atom is -0.425 e. The molecule has 29 heavy (non-hydrogen) atoms. The average Bonchev–Trinajstić information content (AvgIpc) is 2.75. The maximum atomic E-state index is 13.3. The van der Waals surface area contributed by atoms with Crippen LogP contribution in [0.4, 0.5) is 4.39 Å². The molecular weight excluding hydrogens is 365 g/mol. The van der Waals surface area contributed by atoms with Crippen LogP contribution in [0.2, 0.25) is 0 Å². The van der Waals surface area contributed by atoms with Gasteiger partial charge in [0.1, 0.15) is 17.6 Å². The highest BCUT2D eigenvalue weighted by atomic mass is 19.1. The normalized spacial score (nSPS) is 27.2. The minimum absolute atomic E-state index is 0.0720. The molecule has 2 saturated carbocycles. The molecule has 0 N–H and O–H groups in total. The molecular formula is C25H34FNO2. The van der Waals surface area contributed by atoms with E-state index < -0.39 is 5.82 Å². The third-order valence-electron chi connectivity index (χ3n) is 7.15. The van der Waals surface area contributed by atoms with Crippen molar-refractivity contribution in [1.29, 1.82) is 5.26 Å². The standard InChI is InChI=1S/C25H34FNO2/c1-2-3-4-5-18-6-8-19(9-7-18)20-10-12-21(13-11-20)25(28)29-24-15-14-23(26)16-22(24)17-27/h14-16,18-21H,2-13H2,1H3. The number of hydrogen-bond donors (Lipinski definition) is 0. The van der Waals surface area contributed by atoms with Gasteiger partial charge in [0, 0.05) is 0 Å². The van der Waals surface area contributed by atoms with E-state index in [4.69, 9.17) is 10.00 Å². The molecule has 0 aromatic heterocycles. The van der Waals surface area contributed by atoms with Gasteiger partial charge in [0.15, 0.2) is 0 Å². The van der Waals surface area contributed by atoms with Gasteiger partial charge in [-0.1, -0.05) is 45.4 Å². The Morgan fingerprint density at radius 1 is 1.07 bits per heavy atom. The summed E-state index contributed by atoms with van der Waals surface area (Å²) in [4.78, 5) is 12.5. The van der Waals surface area contributed by atoms with E-state index in [0.29, 0.717) is 0 Å². The van der Waals surface area contributed by atoms with Gasteiger partial charge in [-0.05, 0) is 74.5 Å². The number of esters is 1. The second-order valence-electron chi connectivity index (χ2n) is 9.06. The molecule has 158 valence electrons. The summed E-state index contributed by atoms with van der Waals surface area (Å²) in [6, 6.07) is 5.60. The third-order valence-corrected chi connectivity index (χ3v) is 7.15. The number of carbonyl (C=O) groups is 1. The summed E-state index contributed by atoms with van der Waals surface area (Å²) in [6.45, 7) is 2.27. The van der Waals surface area contributed by atoms with Crippen LogP contribution in [-0.2, 0) is 4.79 Å². The first-order valence-electron chi connectivity index (χ1n) is 11.5. The minimum atomic E-state index is -0.498. The van der Waals surface area contributed by atoms with Gasteiger partial charge in [0.2, 0.25) is 0 Å². The van der Waals surface area contributed by atoms with Crippen LogP contribution < -0.4 is 4.74 Å². The van der Waals surface area contributed by atoms with E-state index in [9.17, 15) is 9.18 Å². The van der Waals surface area contributed by atoms with Crippen molar-refractivity contribution in [2.45, 2.75) is 84.0 Å². The fraction of sp³-hybridized carbons (Fsp3) is 0.680. The van der Waals surface area contributed by atoms with Gasteiger partial charge in [0.05, 0.1) is 11.5 Å². The molecule has 0 bridgehead atoms. The Labute approximate surface area is 174 Å². The molecule has 0 amide bonds. The maximum absolute atomic E-state index is 13.3. The number of benzene rings is 1. The van der Waals surface area contributed by atoms with Crippen molar-refractivity contribution in [2.75, 3.05) is 0 Å². The van der Waals surface area contributed by atoms with Crippen molar-refractivity contribution in [1.82, 2.24) is 0 Å². The van der Waals surface area contributed by atoms with Crippen molar-refractivity contribution in [3.63, 3.8) is 0 Å². The van der Waals surface area contributed by atoms with E-state index in [1.807, 2.05) is 6.07 Å². The van der Waals surface area contributed by atoms with Crippen LogP contribution in [0.3, 0.4) is 0 Å². The highest BCUT2D eigenvalue weighted by Gasteiger charge is 2.33. The van der Waals surface area contributed by atoms with E-state index >= 15 is 0 Å². The van der Waals surface area contributed by atoms with E-state index in [-0.39, 0.29) is 23.2 Å². The van der Waals surface area contributed by atoms with Gasteiger partial charge in [-0.15, -0.1) is 0 Å². The number of rotatable bonds is 7. The predicted molar refractivity (Wildman–Crippen MR) is 112 cm³/mol. The lowest BCUT2D eigenvalue weighted by Gasteiger charge is -2.37. The van der Waals surface area contributed by atoms with Crippen LogP contribution in [0.25, 0.3) is 0 Å². The van der Waals surface area contributed by atoms with Crippen molar-refractivity contribution in [3.8, 4) is 11.8 Å². The van der Waals surface area contributed by atoms with Crippen LogP contribution in [0.5, 0.6) is 5.75 Å². The molecule has 0 heterocycles. The topological polar surface area (TPSA) is 50.1 Å². The first-order chi connectivity index (χ1) is 14.1. The molecule has 0 atom stereocenters. The Morgan fingerprint density at radius 2 is 1.72 bits per heavy atom. The van der Waals surface area contributed by atoms with Gasteiger partial charge in [-0.25, -0.2) is 4.39 Å². The lowest BCUT2D eigenvalue weighted by atomic mass is 9.68. The van der Waals surface area contributed by atoms with Crippen LogP contribution in [-0.4, -0.2) is 5.97 Å². The molecule has 0 radical (unpaired) electrons. The number of ether oxygens (including phenoxy) is 1. The zero-order chi connectivity index (χ0) is 20.6. The molecule has 3 rings (SSSR count). The number of nitriles is 1. The van der Waals surface area contributed by atoms with Crippen molar-refractivity contribution in [3.05, 3.63) is 29.6 Å². The first-order valence-corrected chi connectivity index (χ1v) is 11.5. The van der Waals surface area contributed by atoms with Crippen LogP contribution in [0.1, 0.15) is 89.5 Å². The predicted octanol–water partition coefficient (Wildman–Crippen LogP) is 6.80. The van der Waals surface area contributed by atoms with E-state index in [1.165, 1.54) is 63.5 Å². The second-order valence-corrected chi connectivity index (χ2v) is 9.06. The van der Waals surface area contributed by atoms with Crippen LogP contribution in [0.15, 0.2) is 18.2 Å². The molecule has 1 aromatic carbocycles. The highest BCUT2D eigenvalue weighted by Crippen LogP contribution is 2.42. The monoisotopic (exact) mass is 399 g/mol. The highest BCUT2D eigenvalue weighted by molar-refractivity contribution is 5.76. The Hall–Kier alpha value is -1.89. The van der Waals surface area contributed by atoms with E-state index in [2.05, 4.69) is 6.92 Å². The summed E-state index contributed by atoms with van der Waals surface area (Å²) < 4.78 is 18.7. The van der Waals surface area contributed by atoms with E-state index in [1.54, 1.807) is 0 Å². The molecule has 3 nitrogen and oxygen atoms in total. The average molecular weight is 400 g/mol. The first kappa shape index (κ1) is 21.8. The lowest BCUT2D eigenvalue weighted by molar-refractivity contribution is -0.140. The number of carbonyl (C=O) groups excluding carboxylic acids is 1. The fourth-order valence-electron chi connectivity index (χ4n) is 5.33. The molecule has 0 aliphatic heterocycles. The fourth-order valence-corrected chi connectivity index (χ4v) is 5.33. The Morgan fingerprint density at radius 3 is 2.34 bits per heavy atom. The lowest BCUT2D eigenvalue weighted by Crippen LogP contribution is -2.30. The molecule has 2 aliphatic carbocycles. The van der Waals surface area contributed by atoms with Gasteiger partial charge in [-0.2, -0.15) is 5.26 Å². The quantitative estimate of drug-likeness (QED) is 0.288. The van der Waals surface area contributed by atoms with E-state index in [0.717, 1.165) is 49.5 Å². The maximum Gasteiger partial charge on any atom is 0.314 e. The van der Waals surface area contributed by atoms with Crippen LogP contribution in [0, 0.1) is 40.8 Å². The molecule has 4 heteroatoms. The third kappa shape index (κ3) is 6.04. The second kappa shape index (κ2) is 10.8. The number of nitrogens with zero attached hydrogens (tertiary/aromatic N) is 1. The van der Waals surface area contributed by atoms with Gasteiger partial charge >= 0.3 is 5.97 Å². The summed E-state index contributed by atoms with van der Waals surface area (Å²) in [7, 11) is 0. The van der Waals surface area contributed by atoms with Gasteiger partial charge in [0.25, 0.3) is 0 Å². The largest absolute Gasteiger partial charge is 0.425 e. The van der Waals surface area contributed by atoms with Gasteiger partial charge in [-0.3, -0.25) is 4.79 Å². The summed E-state index contributed by atoms with van der Waals surface area (Å²) in [5.41, 5.74) is 0.0720. The molecule has 2 fully saturated rings. The molecule has 0 spiro atoms. The summed E-state index contributed by atoms with van der Waals surface area (Å²) >= 11 is 0. The van der Waals surface area contributed by atoms with Gasteiger partial charge < -0.3 is 4.74 Å². The molecule has 0 unspecified atom stereocenters. The van der Waals surface area contributed by atoms with Crippen molar-refractivity contribution >= 4 is 5.97 Å². The van der Waals surface area contributed by atoms with Crippen molar-refractivity contribution in [2.24, 2.45) is 23.7 Å².